The quantitative estimate of drug-likeness (QED) is 0.0780. The lowest BCUT2D eigenvalue weighted by Crippen LogP contribution is -2.40. The van der Waals surface area contributed by atoms with Crippen molar-refractivity contribution in [3.8, 4) is 0 Å². The number of alkyl halides is 1. The molecule has 0 aromatic heterocycles. The normalized spacial score (nSPS) is 27.9. The van der Waals surface area contributed by atoms with Crippen molar-refractivity contribution in [3.05, 3.63) is 24.8 Å². The molecule has 0 aromatic rings. The van der Waals surface area contributed by atoms with Crippen molar-refractivity contribution in [3.63, 3.8) is 0 Å². The minimum absolute atomic E-state index is 0.0584. The molecule has 1 saturated heterocycles. The standard InChI is InChI=1S/C28H49ClO5Si/c1-7-17-31-26(30)15-11-9-8-10-14-22-23(20-33-35(5,6)21-28(2,3)4)25(19-24(22)29)34-27-16-12-13-18-32-27/h7-8,10,22-25,27H,1,9,11-21H2,2-6H3/b10-8-/t22-,23-,24-,25-,27?/m1/s1. The maximum absolute atomic E-state index is 11.6. The van der Waals surface area contributed by atoms with E-state index in [0.717, 1.165) is 57.6 Å². The van der Waals surface area contributed by atoms with Crippen molar-refractivity contribution < 1.29 is 23.4 Å². The molecule has 0 amide bonds. The summed E-state index contributed by atoms with van der Waals surface area (Å²) in [5, 5.41) is 0.0584. The van der Waals surface area contributed by atoms with Crippen molar-refractivity contribution >= 4 is 25.9 Å². The molecule has 0 N–H and O–H groups in total. The van der Waals surface area contributed by atoms with Gasteiger partial charge in [-0.25, -0.2) is 0 Å². The monoisotopic (exact) mass is 528 g/mol. The van der Waals surface area contributed by atoms with Gasteiger partial charge in [-0.15, -0.1) is 11.6 Å². The Labute approximate surface area is 220 Å². The topological polar surface area (TPSA) is 54.0 Å². The number of rotatable bonds is 14. The van der Waals surface area contributed by atoms with Crippen LogP contribution in [0.3, 0.4) is 0 Å². The van der Waals surface area contributed by atoms with Gasteiger partial charge in [-0.05, 0) is 75.4 Å². The summed E-state index contributed by atoms with van der Waals surface area (Å²) in [6.07, 6.45) is 13.0. The Bertz CT molecular complexity index is 669. The summed E-state index contributed by atoms with van der Waals surface area (Å²) in [5.41, 5.74) is 0.256. The zero-order valence-electron chi connectivity index (χ0n) is 22.7. The van der Waals surface area contributed by atoms with Gasteiger partial charge in [0.05, 0.1) is 6.10 Å². The van der Waals surface area contributed by atoms with E-state index < -0.39 is 8.32 Å². The first-order chi connectivity index (χ1) is 16.5. The van der Waals surface area contributed by atoms with Crippen LogP contribution in [0.2, 0.25) is 19.1 Å². The van der Waals surface area contributed by atoms with Crippen LogP contribution in [-0.4, -0.2) is 51.9 Å². The Morgan fingerprint density at radius 2 is 1.97 bits per heavy atom. The van der Waals surface area contributed by atoms with Crippen molar-refractivity contribution in [2.24, 2.45) is 17.3 Å². The van der Waals surface area contributed by atoms with E-state index in [0.29, 0.717) is 18.9 Å². The van der Waals surface area contributed by atoms with Gasteiger partial charge < -0.3 is 18.6 Å². The van der Waals surface area contributed by atoms with Gasteiger partial charge in [0.2, 0.25) is 0 Å². The maximum atomic E-state index is 11.6. The van der Waals surface area contributed by atoms with Gasteiger partial charge in [0, 0.05) is 30.9 Å². The maximum Gasteiger partial charge on any atom is 0.306 e. The van der Waals surface area contributed by atoms with Crippen LogP contribution in [0.25, 0.3) is 0 Å². The van der Waals surface area contributed by atoms with Crippen LogP contribution in [-0.2, 0) is 23.4 Å². The molecule has 1 aliphatic carbocycles. The van der Waals surface area contributed by atoms with Crippen LogP contribution >= 0.6 is 11.6 Å². The van der Waals surface area contributed by atoms with E-state index >= 15 is 0 Å². The smallest absolute Gasteiger partial charge is 0.306 e. The summed E-state index contributed by atoms with van der Waals surface area (Å²) in [6.45, 7) is 16.8. The highest BCUT2D eigenvalue weighted by Crippen LogP contribution is 2.42. The number of esters is 1. The van der Waals surface area contributed by atoms with Crippen LogP contribution in [0.15, 0.2) is 24.8 Å². The Balaban J connectivity index is 1.94. The number of carbonyl (C=O) groups excluding carboxylic acids is 1. The Morgan fingerprint density at radius 3 is 2.63 bits per heavy atom. The first-order valence-electron chi connectivity index (χ1n) is 13.5. The van der Waals surface area contributed by atoms with E-state index in [9.17, 15) is 4.79 Å². The van der Waals surface area contributed by atoms with Gasteiger partial charge in [0.15, 0.2) is 14.6 Å². The van der Waals surface area contributed by atoms with E-state index in [-0.39, 0.29) is 41.7 Å². The van der Waals surface area contributed by atoms with Gasteiger partial charge in [-0.2, -0.15) is 0 Å². The third-order valence-electron chi connectivity index (χ3n) is 6.73. The fraction of sp³-hybridized carbons (Fsp3) is 0.821. The fourth-order valence-electron chi connectivity index (χ4n) is 5.45. The highest BCUT2D eigenvalue weighted by Gasteiger charge is 2.44. The fourth-order valence-corrected chi connectivity index (χ4v) is 9.21. The summed E-state index contributed by atoms with van der Waals surface area (Å²) >= 11 is 6.90. The molecule has 0 radical (unpaired) electrons. The zero-order valence-corrected chi connectivity index (χ0v) is 24.5. The molecule has 5 nitrogen and oxygen atoms in total. The second-order valence-electron chi connectivity index (χ2n) is 11.9. The average Bonchev–Trinajstić information content (AvgIpc) is 3.06. The molecular formula is C28H49ClO5Si. The second kappa shape index (κ2) is 14.9. The predicted octanol–water partition coefficient (Wildman–Crippen LogP) is 7.26. The summed E-state index contributed by atoms with van der Waals surface area (Å²) in [6, 6.07) is 1.12. The lowest BCUT2D eigenvalue weighted by molar-refractivity contribution is -0.197. The molecule has 0 aromatic carbocycles. The molecule has 7 heteroatoms. The minimum atomic E-state index is -1.81. The van der Waals surface area contributed by atoms with Crippen molar-refractivity contribution in [1.82, 2.24) is 0 Å². The van der Waals surface area contributed by atoms with Crippen LogP contribution in [0.1, 0.15) is 72.1 Å². The molecule has 1 saturated carbocycles. The van der Waals surface area contributed by atoms with Crippen LogP contribution in [0.5, 0.6) is 0 Å². The number of halogens is 1. The van der Waals surface area contributed by atoms with Gasteiger partial charge in [0.25, 0.3) is 0 Å². The molecule has 2 fully saturated rings. The number of hydrogen-bond acceptors (Lipinski definition) is 5. The van der Waals surface area contributed by atoms with Gasteiger partial charge >= 0.3 is 5.97 Å². The van der Waals surface area contributed by atoms with Crippen molar-refractivity contribution in [1.29, 1.82) is 0 Å². The van der Waals surface area contributed by atoms with Crippen molar-refractivity contribution in [2.75, 3.05) is 19.8 Å². The first-order valence-corrected chi connectivity index (χ1v) is 17.0. The molecule has 2 rings (SSSR count). The van der Waals surface area contributed by atoms with E-state index in [1.165, 1.54) is 0 Å². The van der Waals surface area contributed by atoms with E-state index in [4.69, 9.17) is 30.2 Å². The average molecular weight is 529 g/mol. The highest BCUT2D eigenvalue weighted by molar-refractivity contribution is 6.71. The number of ether oxygens (including phenoxy) is 3. The number of allylic oxidation sites excluding steroid dienone is 2. The summed E-state index contributed by atoms with van der Waals surface area (Å²) < 4.78 is 24.1. The first kappa shape index (κ1) is 30.6. The molecule has 2 aliphatic rings. The molecule has 5 atom stereocenters. The van der Waals surface area contributed by atoms with Crippen LogP contribution < -0.4 is 0 Å². The number of unbranched alkanes of at least 4 members (excludes halogenated alkanes) is 1. The molecule has 1 unspecified atom stereocenters. The number of hydrogen-bond donors (Lipinski definition) is 0. The lowest BCUT2D eigenvalue weighted by atomic mass is 9.92. The second-order valence-corrected chi connectivity index (χ2v) is 16.7. The van der Waals surface area contributed by atoms with Crippen LogP contribution in [0, 0.1) is 17.3 Å². The van der Waals surface area contributed by atoms with Gasteiger partial charge in [-0.3, -0.25) is 4.79 Å². The molecule has 0 bridgehead atoms. The number of carbonyl (C=O) groups is 1. The Morgan fingerprint density at radius 1 is 1.20 bits per heavy atom. The molecule has 202 valence electrons. The van der Waals surface area contributed by atoms with Gasteiger partial charge in [-0.1, -0.05) is 45.6 Å². The summed E-state index contributed by atoms with van der Waals surface area (Å²) in [4.78, 5) is 11.6. The minimum Gasteiger partial charge on any atom is -0.461 e. The SMILES string of the molecule is C=CCOC(=O)CCC/C=C\C[C@@H]1[C@@H](CO[Si](C)(C)CC(C)(C)C)[C@H](OC2CCCCO2)C[C@H]1Cl. The van der Waals surface area contributed by atoms with Gasteiger partial charge in [0.1, 0.15) is 6.61 Å². The third-order valence-corrected chi connectivity index (χ3v) is 10.1. The molecular weight excluding hydrogens is 480 g/mol. The summed E-state index contributed by atoms with van der Waals surface area (Å²) in [7, 11) is -1.81. The molecule has 35 heavy (non-hydrogen) atoms. The van der Waals surface area contributed by atoms with Crippen molar-refractivity contribution in [2.45, 2.75) is 109 Å². The third kappa shape index (κ3) is 12.0. The van der Waals surface area contributed by atoms with E-state index in [1.807, 2.05) is 0 Å². The zero-order chi connectivity index (χ0) is 25.9. The van der Waals surface area contributed by atoms with Crippen LogP contribution in [0.4, 0.5) is 0 Å². The Kier molecular flexibility index (Phi) is 13.0. The molecule has 1 heterocycles. The van der Waals surface area contributed by atoms with E-state index in [1.54, 1.807) is 6.08 Å². The van der Waals surface area contributed by atoms with E-state index in [2.05, 4.69) is 52.6 Å². The molecule has 1 aliphatic heterocycles. The Hall–Kier alpha value is -0.663. The highest BCUT2D eigenvalue weighted by atomic mass is 35.5. The molecule has 0 spiro atoms. The summed E-state index contributed by atoms with van der Waals surface area (Å²) in [5.74, 6) is 0.394. The largest absolute Gasteiger partial charge is 0.461 e. The predicted molar refractivity (Wildman–Crippen MR) is 146 cm³/mol. The lowest BCUT2D eigenvalue weighted by Gasteiger charge is -2.35.